The Hall–Kier alpha value is -1.71. The summed E-state index contributed by atoms with van der Waals surface area (Å²) in [5.74, 6) is -0.226. The predicted octanol–water partition coefficient (Wildman–Crippen LogP) is 3.22. The third-order valence-electron chi connectivity index (χ3n) is 3.36. The number of aryl methyl sites for hydroxylation is 1. The number of benzene rings is 2. The van der Waals surface area contributed by atoms with Crippen molar-refractivity contribution in [3.05, 3.63) is 70.5 Å². The Morgan fingerprint density at radius 2 is 1.85 bits per heavy atom. The van der Waals surface area contributed by atoms with Crippen molar-refractivity contribution < 1.29 is 4.39 Å². The largest absolute Gasteiger partial charge is 0.326 e. The average molecular weight is 272 g/mol. The maximum absolute atomic E-state index is 13.2. The molecule has 0 saturated carbocycles. The van der Waals surface area contributed by atoms with E-state index in [1.807, 2.05) is 6.07 Å². The van der Waals surface area contributed by atoms with Gasteiger partial charge in [0.05, 0.1) is 0 Å². The van der Waals surface area contributed by atoms with Crippen LogP contribution in [0, 0.1) is 12.7 Å². The minimum absolute atomic E-state index is 0.226. The number of hydrogen-bond donors (Lipinski definition) is 1. The van der Waals surface area contributed by atoms with Crippen molar-refractivity contribution >= 4 is 0 Å². The maximum atomic E-state index is 13.2. The van der Waals surface area contributed by atoms with E-state index in [-0.39, 0.29) is 5.82 Å². The molecule has 2 aromatic carbocycles. The van der Waals surface area contributed by atoms with Gasteiger partial charge >= 0.3 is 0 Å². The fourth-order valence-corrected chi connectivity index (χ4v) is 2.41. The maximum Gasteiger partial charge on any atom is 0.123 e. The second-order valence-corrected chi connectivity index (χ2v) is 5.28. The van der Waals surface area contributed by atoms with Crippen LogP contribution in [0.15, 0.2) is 42.5 Å². The SMILES string of the molecule is Cc1cccc(CN(C)Cc2ccc(F)cc2CN)c1. The number of nitrogens with zero attached hydrogens (tertiary/aromatic N) is 1. The zero-order valence-corrected chi connectivity index (χ0v) is 12.1. The van der Waals surface area contributed by atoms with Crippen LogP contribution in [0.4, 0.5) is 4.39 Å². The number of hydrogen-bond acceptors (Lipinski definition) is 2. The predicted molar refractivity (Wildman–Crippen MR) is 80.6 cm³/mol. The highest BCUT2D eigenvalue weighted by Crippen LogP contribution is 2.15. The van der Waals surface area contributed by atoms with E-state index in [2.05, 4.69) is 43.1 Å². The van der Waals surface area contributed by atoms with E-state index in [1.165, 1.54) is 23.3 Å². The van der Waals surface area contributed by atoms with E-state index >= 15 is 0 Å². The summed E-state index contributed by atoms with van der Waals surface area (Å²) in [5.41, 5.74) is 10.2. The summed E-state index contributed by atoms with van der Waals surface area (Å²) >= 11 is 0. The molecule has 0 radical (unpaired) electrons. The number of rotatable bonds is 5. The Kier molecular flexibility index (Phi) is 4.88. The van der Waals surface area contributed by atoms with Gasteiger partial charge < -0.3 is 5.73 Å². The van der Waals surface area contributed by atoms with Gasteiger partial charge in [0.25, 0.3) is 0 Å². The van der Waals surface area contributed by atoms with Crippen molar-refractivity contribution in [3.8, 4) is 0 Å². The molecule has 0 amide bonds. The van der Waals surface area contributed by atoms with Gasteiger partial charge in [0.1, 0.15) is 5.82 Å². The van der Waals surface area contributed by atoms with E-state index in [9.17, 15) is 4.39 Å². The molecular weight excluding hydrogens is 251 g/mol. The second-order valence-electron chi connectivity index (χ2n) is 5.28. The molecule has 2 aromatic rings. The molecule has 3 heteroatoms. The van der Waals surface area contributed by atoms with Gasteiger partial charge in [-0.2, -0.15) is 0 Å². The van der Waals surface area contributed by atoms with Crippen molar-refractivity contribution in [3.63, 3.8) is 0 Å². The van der Waals surface area contributed by atoms with E-state index in [0.29, 0.717) is 6.54 Å². The molecule has 0 heterocycles. The van der Waals surface area contributed by atoms with Crippen molar-refractivity contribution in [2.24, 2.45) is 5.73 Å². The van der Waals surface area contributed by atoms with E-state index < -0.39 is 0 Å². The number of halogens is 1. The molecule has 2 rings (SSSR count). The summed E-state index contributed by atoms with van der Waals surface area (Å²) in [5, 5.41) is 0. The molecule has 0 bridgehead atoms. The van der Waals surface area contributed by atoms with Crippen LogP contribution in [0.3, 0.4) is 0 Å². The Morgan fingerprint density at radius 3 is 2.55 bits per heavy atom. The summed E-state index contributed by atoms with van der Waals surface area (Å²) in [6.45, 7) is 4.09. The van der Waals surface area contributed by atoms with Gasteiger partial charge in [0.15, 0.2) is 0 Å². The van der Waals surface area contributed by atoms with E-state index in [4.69, 9.17) is 5.73 Å². The molecule has 0 atom stereocenters. The van der Waals surface area contributed by atoms with Gasteiger partial charge in [-0.1, -0.05) is 35.9 Å². The fraction of sp³-hybridized carbons (Fsp3) is 0.294. The van der Waals surface area contributed by atoms with Crippen molar-refractivity contribution in [1.29, 1.82) is 0 Å². The normalized spacial score (nSPS) is 11.1. The lowest BCUT2D eigenvalue weighted by atomic mass is 10.1. The van der Waals surface area contributed by atoms with Crippen LogP contribution < -0.4 is 5.73 Å². The van der Waals surface area contributed by atoms with E-state index in [1.54, 1.807) is 0 Å². The van der Waals surface area contributed by atoms with Crippen LogP contribution in [0.25, 0.3) is 0 Å². The summed E-state index contributed by atoms with van der Waals surface area (Å²) in [6.07, 6.45) is 0. The van der Waals surface area contributed by atoms with Crippen LogP contribution in [-0.4, -0.2) is 11.9 Å². The van der Waals surface area contributed by atoms with Crippen molar-refractivity contribution in [1.82, 2.24) is 4.90 Å². The van der Waals surface area contributed by atoms with Gasteiger partial charge in [0.2, 0.25) is 0 Å². The molecule has 0 unspecified atom stereocenters. The molecular formula is C17H21FN2. The molecule has 20 heavy (non-hydrogen) atoms. The molecule has 0 aromatic heterocycles. The average Bonchev–Trinajstić information content (AvgIpc) is 2.40. The standard InChI is InChI=1S/C17H21FN2/c1-13-4-3-5-14(8-13)11-20(2)12-15-6-7-17(18)9-16(15)10-19/h3-9H,10-12,19H2,1-2H3. The molecule has 2 N–H and O–H groups in total. The molecule has 0 aliphatic carbocycles. The van der Waals surface area contributed by atoms with Gasteiger partial charge in [-0.3, -0.25) is 4.90 Å². The first kappa shape index (κ1) is 14.7. The van der Waals surface area contributed by atoms with Gasteiger partial charge in [0, 0.05) is 19.6 Å². The zero-order chi connectivity index (χ0) is 14.5. The molecule has 0 saturated heterocycles. The highest BCUT2D eigenvalue weighted by Gasteiger charge is 2.07. The summed E-state index contributed by atoms with van der Waals surface area (Å²) in [6, 6.07) is 13.3. The monoisotopic (exact) mass is 272 g/mol. The lowest BCUT2D eigenvalue weighted by Gasteiger charge is -2.19. The first-order valence-corrected chi connectivity index (χ1v) is 6.80. The Morgan fingerprint density at radius 1 is 1.05 bits per heavy atom. The quantitative estimate of drug-likeness (QED) is 0.905. The van der Waals surface area contributed by atoms with Crippen LogP contribution in [-0.2, 0) is 19.6 Å². The first-order chi connectivity index (χ1) is 9.58. The second kappa shape index (κ2) is 6.64. The van der Waals surface area contributed by atoms with Gasteiger partial charge in [-0.15, -0.1) is 0 Å². The summed E-state index contributed by atoms with van der Waals surface area (Å²) < 4.78 is 13.2. The zero-order valence-electron chi connectivity index (χ0n) is 12.1. The topological polar surface area (TPSA) is 29.3 Å². The van der Waals surface area contributed by atoms with Crippen molar-refractivity contribution in [2.75, 3.05) is 7.05 Å². The lowest BCUT2D eigenvalue weighted by molar-refractivity contribution is 0.318. The minimum atomic E-state index is -0.226. The van der Waals surface area contributed by atoms with Crippen LogP contribution in [0.1, 0.15) is 22.3 Å². The minimum Gasteiger partial charge on any atom is -0.326 e. The molecule has 0 spiro atoms. The third kappa shape index (κ3) is 3.89. The molecule has 2 nitrogen and oxygen atoms in total. The molecule has 106 valence electrons. The first-order valence-electron chi connectivity index (χ1n) is 6.80. The van der Waals surface area contributed by atoms with Gasteiger partial charge in [-0.05, 0) is 42.8 Å². The van der Waals surface area contributed by atoms with Gasteiger partial charge in [-0.25, -0.2) is 4.39 Å². The van der Waals surface area contributed by atoms with E-state index in [0.717, 1.165) is 24.2 Å². The summed E-state index contributed by atoms with van der Waals surface area (Å²) in [7, 11) is 2.06. The molecule has 0 aliphatic rings. The highest BCUT2D eigenvalue weighted by atomic mass is 19.1. The van der Waals surface area contributed by atoms with Crippen LogP contribution in [0.5, 0.6) is 0 Å². The highest BCUT2D eigenvalue weighted by molar-refractivity contribution is 5.28. The Labute approximate surface area is 120 Å². The molecule has 0 aliphatic heterocycles. The fourth-order valence-electron chi connectivity index (χ4n) is 2.41. The summed E-state index contributed by atoms with van der Waals surface area (Å²) in [4.78, 5) is 2.21. The Bertz CT molecular complexity index is 581. The lowest BCUT2D eigenvalue weighted by Crippen LogP contribution is -2.19. The Balaban J connectivity index is 2.06. The number of nitrogens with two attached hydrogens (primary N) is 1. The molecule has 0 fully saturated rings. The smallest absolute Gasteiger partial charge is 0.123 e. The van der Waals surface area contributed by atoms with Crippen LogP contribution >= 0.6 is 0 Å². The van der Waals surface area contributed by atoms with Crippen LogP contribution in [0.2, 0.25) is 0 Å². The third-order valence-corrected chi connectivity index (χ3v) is 3.36. The van der Waals surface area contributed by atoms with Crippen molar-refractivity contribution in [2.45, 2.75) is 26.6 Å².